The molecule has 160 valence electrons. The lowest BCUT2D eigenvalue weighted by Gasteiger charge is -2.15. The highest BCUT2D eigenvalue weighted by atomic mass is 16.5. The molecule has 2 aromatic carbocycles. The van der Waals surface area contributed by atoms with E-state index < -0.39 is 0 Å². The molecule has 3 aromatic heterocycles. The summed E-state index contributed by atoms with van der Waals surface area (Å²) in [6.45, 7) is 2.44. The number of aromatic amines is 2. The molecule has 0 saturated heterocycles. The second-order valence-electron chi connectivity index (χ2n) is 7.99. The third-order valence-corrected chi connectivity index (χ3v) is 5.58. The number of ether oxygens (including phenoxy) is 1. The largest absolute Gasteiger partial charge is 0.490 e. The highest BCUT2D eigenvalue weighted by molar-refractivity contribution is 5.89. The molecule has 5 aromatic rings. The van der Waals surface area contributed by atoms with Crippen LogP contribution in [0.25, 0.3) is 33.4 Å². The van der Waals surface area contributed by atoms with Crippen molar-refractivity contribution in [3.05, 3.63) is 90.4 Å². The molecule has 0 aliphatic heterocycles. The summed E-state index contributed by atoms with van der Waals surface area (Å²) in [4.78, 5) is 7.99. The zero-order chi connectivity index (χ0) is 21.9. The van der Waals surface area contributed by atoms with Gasteiger partial charge in [-0.2, -0.15) is 5.10 Å². The Morgan fingerprint density at radius 3 is 2.72 bits per heavy atom. The highest BCUT2D eigenvalue weighted by Crippen LogP contribution is 2.34. The average Bonchev–Trinajstić information content (AvgIpc) is 3.48. The van der Waals surface area contributed by atoms with Gasteiger partial charge < -0.3 is 15.5 Å². The van der Waals surface area contributed by atoms with Gasteiger partial charge in [0.15, 0.2) is 0 Å². The second kappa shape index (κ2) is 8.69. The third kappa shape index (κ3) is 4.13. The van der Waals surface area contributed by atoms with Gasteiger partial charge in [0.1, 0.15) is 12.4 Å². The van der Waals surface area contributed by atoms with Crippen molar-refractivity contribution >= 4 is 10.9 Å². The van der Waals surface area contributed by atoms with Gasteiger partial charge in [0.25, 0.3) is 0 Å². The SMILES string of the molecule is Cc1[nH]nc2ccc(-c3cc(OC[C@@H](N)Cc4ccccc4)cnc3-c3ccc[nH]3)cc12. The molecule has 0 amide bonds. The van der Waals surface area contributed by atoms with Gasteiger partial charge in [0.05, 0.1) is 23.1 Å². The van der Waals surface area contributed by atoms with Crippen LogP contribution >= 0.6 is 0 Å². The van der Waals surface area contributed by atoms with Gasteiger partial charge >= 0.3 is 0 Å². The molecule has 0 saturated carbocycles. The second-order valence-corrected chi connectivity index (χ2v) is 7.99. The van der Waals surface area contributed by atoms with Gasteiger partial charge in [0, 0.05) is 28.9 Å². The number of nitrogens with zero attached hydrogens (tertiary/aromatic N) is 2. The number of hydrogen-bond donors (Lipinski definition) is 3. The maximum absolute atomic E-state index is 6.32. The molecule has 6 heteroatoms. The number of aryl methyl sites for hydroxylation is 1. The van der Waals surface area contributed by atoms with Gasteiger partial charge in [-0.15, -0.1) is 0 Å². The first-order chi connectivity index (χ1) is 15.7. The molecule has 3 heterocycles. The Bertz CT molecular complexity index is 1330. The Hall–Kier alpha value is -3.90. The Kier molecular flexibility index (Phi) is 5.44. The van der Waals surface area contributed by atoms with Crippen LogP contribution in [-0.2, 0) is 6.42 Å². The van der Waals surface area contributed by atoms with E-state index >= 15 is 0 Å². The lowest BCUT2D eigenvalue weighted by atomic mass is 10.00. The first-order valence-corrected chi connectivity index (χ1v) is 10.7. The minimum absolute atomic E-state index is 0.103. The van der Waals surface area contributed by atoms with Crippen LogP contribution in [0.5, 0.6) is 5.75 Å². The molecule has 0 unspecified atom stereocenters. The van der Waals surface area contributed by atoms with E-state index in [1.54, 1.807) is 6.20 Å². The normalized spacial score (nSPS) is 12.2. The van der Waals surface area contributed by atoms with E-state index in [4.69, 9.17) is 15.5 Å². The van der Waals surface area contributed by atoms with Gasteiger partial charge in [-0.3, -0.25) is 10.1 Å². The lowest BCUT2D eigenvalue weighted by molar-refractivity contribution is 0.287. The van der Waals surface area contributed by atoms with Crippen LogP contribution in [0.3, 0.4) is 0 Å². The third-order valence-electron chi connectivity index (χ3n) is 5.58. The van der Waals surface area contributed by atoms with Gasteiger partial charge in [0.2, 0.25) is 0 Å². The zero-order valence-electron chi connectivity index (χ0n) is 17.9. The minimum atomic E-state index is -0.103. The van der Waals surface area contributed by atoms with Gasteiger partial charge in [-0.05, 0) is 54.8 Å². The Morgan fingerprint density at radius 2 is 1.91 bits per heavy atom. The number of pyridine rings is 1. The molecular weight excluding hydrogens is 398 g/mol. The molecule has 0 aliphatic rings. The number of hydrogen-bond acceptors (Lipinski definition) is 4. The Balaban J connectivity index is 1.44. The van der Waals surface area contributed by atoms with Crippen LogP contribution in [0.15, 0.2) is 79.1 Å². The lowest BCUT2D eigenvalue weighted by Crippen LogP contribution is -2.30. The number of aromatic nitrogens is 4. The van der Waals surface area contributed by atoms with E-state index in [2.05, 4.69) is 39.4 Å². The van der Waals surface area contributed by atoms with E-state index in [0.717, 1.165) is 45.5 Å². The number of H-pyrrole nitrogens is 2. The van der Waals surface area contributed by atoms with E-state index in [9.17, 15) is 0 Å². The van der Waals surface area contributed by atoms with Gasteiger partial charge in [-0.1, -0.05) is 36.4 Å². The van der Waals surface area contributed by atoms with Crippen molar-refractivity contribution in [1.82, 2.24) is 20.2 Å². The predicted octanol–water partition coefficient (Wildman–Crippen LogP) is 4.88. The predicted molar refractivity (Wildman–Crippen MR) is 127 cm³/mol. The van der Waals surface area contributed by atoms with Crippen LogP contribution in [-0.4, -0.2) is 32.8 Å². The summed E-state index contributed by atoms with van der Waals surface area (Å²) in [5.74, 6) is 0.697. The average molecular weight is 424 g/mol. The molecule has 0 bridgehead atoms. The molecule has 0 spiro atoms. The van der Waals surface area contributed by atoms with Crippen molar-refractivity contribution < 1.29 is 4.74 Å². The van der Waals surface area contributed by atoms with Crippen LogP contribution in [0.4, 0.5) is 0 Å². The maximum Gasteiger partial charge on any atom is 0.138 e. The smallest absolute Gasteiger partial charge is 0.138 e. The summed E-state index contributed by atoms with van der Waals surface area (Å²) >= 11 is 0. The number of rotatable bonds is 7. The van der Waals surface area contributed by atoms with Crippen molar-refractivity contribution in [2.45, 2.75) is 19.4 Å². The standard InChI is InChI=1S/C26H25N5O/c1-17-22-13-19(9-10-24(22)31-30-17)23-14-21(15-29-26(23)25-8-5-11-28-25)32-16-20(27)12-18-6-3-2-4-7-18/h2-11,13-15,20,28H,12,16,27H2,1H3,(H,30,31)/t20-/m0/s1. The summed E-state index contributed by atoms with van der Waals surface area (Å²) in [7, 11) is 0. The highest BCUT2D eigenvalue weighted by Gasteiger charge is 2.14. The first kappa shape index (κ1) is 20.0. The number of benzene rings is 2. The van der Waals surface area contributed by atoms with Crippen molar-refractivity contribution in [3.8, 4) is 28.3 Å². The summed E-state index contributed by atoms with van der Waals surface area (Å²) in [5, 5.41) is 8.49. The molecule has 6 nitrogen and oxygen atoms in total. The summed E-state index contributed by atoms with van der Waals surface area (Å²) in [6, 6.07) is 22.4. The molecule has 32 heavy (non-hydrogen) atoms. The summed E-state index contributed by atoms with van der Waals surface area (Å²) < 4.78 is 6.05. The number of fused-ring (bicyclic) bond motifs is 1. The molecular formula is C26H25N5O. The van der Waals surface area contributed by atoms with E-state index in [1.165, 1.54) is 5.56 Å². The fourth-order valence-corrected chi connectivity index (χ4v) is 3.92. The van der Waals surface area contributed by atoms with Crippen LogP contribution in [0.1, 0.15) is 11.3 Å². The van der Waals surface area contributed by atoms with Crippen molar-refractivity contribution in [2.24, 2.45) is 5.73 Å². The van der Waals surface area contributed by atoms with Crippen molar-refractivity contribution in [3.63, 3.8) is 0 Å². The monoisotopic (exact) mass is 423 g/mol. The summed E-state index contributed by atoms with van der Waals surface area (Å²) in [6.07, 6.45) is 4.42. The zero-order valence-corrected chi connectivity index (χ0v) is 17.9. The topological polar surface area (TPSA) is 92.6 Å². The van der Waals surface area contributed by atoms with E-state index in [0.29, 0.717) is 12.4 Å². The molecule has 0 radical (unpaired) electrons. The molecule has 1 atom stereocenters. The van der Waals surface area contributed by atoms with E-state index in [-0.39, 0.29) is 6.04 Å². The minimum Gasteiger partial charge on any atom is -0.490 e. The fraction of sp³-hybridized carbons (Fsp3) is 0.154. The molecule has 0 fully saturated rings. The quantitative estimate of drug-likeness (QED) is 0.348. The summed E-state index contributed by atoms with van der Waals surface area (Å²) in [5.41, 5.74) is 13.4. The number of nitrogens with two attached hydrogens (primary N) is 1. The Morgan fingerprint density at radius 1 is 1.03 bits per heavy atom. The molecule has 0 aliphatic carbocycles. The fourth-order valence-electron chi connectivity index (χ4n) is 3.92. The first-order valence-electron chi connectivity index (χ1n) is 10.7. The van der Waals surface area contributed by atoms with Crippen molar-refractivity contribution in [1.29, 1.82) is 0 Å². The van der Waals surface area contributed by atoms with Crippen LogP contribution in [0.2, 0.25) is 0 Å². The Labute approximate surface area is 186 Å². The van der Waals surface area contributed by atoms with Crippen LogP contribution < -0.4 is 10.5 Å². The van der Waals surface area contributed by atoms with Crippen LogP contribution in [0, 0.1) is 6.92 Å². The molecule has 4 N–H and O–H groups in total. The van der Waals surface area contributed by atoms with Crippen molar-refractivity contribution in [2.75, 3.05) is 6.61 Å². The van der Waals surface area contributed by atoms with Gasteiger partial charge in [-0.25, -0.2) is 0 Å². The van der Waals surface area contributed by atoms with E-state index in [1.807, 2.05) is 55.6 Å². The number of nitrogens with one attached hydrogen (secondary N) is 2. The maximum atomic E-state index is 6.32. The molecule has 5 rings (SSSR count).